The van der Waals surface area contributed by atoms with Crippen molar-refractivity contribution in [3.63, 3.8) is 0 Å². The van der Waals surface area contributed by atoms with E-state index in [1.54, 1.807) is 7.11 Å². The molecule has 0 radical (unpaired) electrons. The zero-order valence-corrected chi connectivity index (χ0v) is 11.8. The molecule has 20 heavy (non-hydrogen) atoms. The largest absolute Gasteiger partial charge is 0.496 e. The number of carbonyl (C=O) groups is 1. The van der Waals surface area contributed by atoms with Crippen molar-refractivity contribution in [2.24, 2.45) is 5.92 Å². The highest BCUT2D eigenvalue weighted by molar-refractivity contribution is 5.99. The van der Waals surface area contributed by atoms with E-state index in [0.717, 1.165) is 40.8 Å². The Labute approximate surface area is 119 Å². The quantitative estimate of drug-likeness (QED) is 0.773. The smallest absolute Gasteiger partial charge is 0.165 e. The Kier molecular flexibility index (Phi) is 3.31. The summed E-state index contributed by atoms with van der Waals surface area (Å²) in [6, 6.07) is 14.1. The first-order chi connectivity index (χ1) is 9.69. The van der Waals surface area contributed by atoms with Crippen LogP contribution in [0, 0.1) is 12.8 Å². The molecule has 1 saturated carbocycles. The van der Waals surface area contributed by atoms with Crippen molar-refractivity contribution < 1.29 is 9.53 Å². The Morgan fingerprint density at radius 2 is 1.70 bits per heavy atom. The molecule has 0 saturated heterocycles. The van der Waals surface area contributed by atoms with Crippen LogP contribution in [0.3, 0.4) is 0 Å². The van der Waals surface area contributed by atoms with E-state index in [2.05, 4.69) is 6.07 Å². The number of hydrogen-bond donors (Lipinski definition) is 0. The van der Waals surface area contributed by atoms with E-state index in [1.165, 1.54) is 0 Å². The van der Waals surface area contributed by atoms with Gasteiger partial charge in [-0.15, -0.1) is 0 Å². The first-order valence-electron chi connectivity index (χ1n) is 6.98. The van der Waals surface area contributed by atoms with E-state index in [1.807, 2.05) is 43.3 Å². The van der Waals surface area contributed by atoms with Crippen molar-refractivity contribution in [2.45, 2.75) is 19.8 Å². The van der Waals surface area contributed by atoms with E-state index >= 15 is 0 Å². The molecule has 0 N–H and O–H groups in total. The molecule has 0 atom stereocenters. The van der Waals surface area contributed by atoms with Gasteiger partial charge in [-0.1, -0.05) is 30.3 Å². The van der Waals surface area contributed by atoms with Crippen LogP contribution in [0.1, 0.15) is 28.8 Å². The zero-order valence-electron chi connectivity index (χ0n) is 11.8. The maximum atomic E-state index is 12.0. The van der Waals surface area contributed by atoms with E-state index in [-0.39, 0.29) is 5.92 Å². The van der Waals surface area contributed by atoms with Crippen LogP contribution < -0.4 is 4.74 Å². The van der Waals surface area contributed by atoms with Crippen LogP contribution in [-0.4, -0.2) is 12.9 Å². The number of hydrogen-bond acceptors (Lipinski definition) is 2. The molecular formula is C18H18O2. The van der Waals surface area contributed by atoms with Crippen LogP contribution in [-0.2, 0) is 0 Å². The molecule has 0 unspecified atom stereocenters. The van der Waals surface area contributed by atoms with Gasteiger partial charge in [0.15, 0.2) is 5.78 Å². The molecule has 1 aliphatic rings. The SMILES string of the molecule is COc1ccc(-c2ccc(C(=O)C3CC3)cc2)cc1C. The second kappa shape index (κ2) is 5.12. The number of aryl methyl sites for hydroxylation is 1. The highest BCUT2D eigenvalue weighted by Gasteiger charge is 2.30. The molecule has 0 bridgehead atoms. The topological polar surface area (TPSA) is 26.3 Å². The molecule has 2 nitrogen and oxygen atoms in total. The van der Waals surface area contributed by atoms with Crippen LogP contribution in [0.15, 0.2) is 42.5 Å². The standard InChI is InChI=1S/C18H18O2/c1-12-11-16(9-10-17(12)20-2)13-3-5-14(6-4-13)18(19)15-7-8-15/h3-6,9-11,15H,7-8H2,1-2H3. The molecule has 0 aliphatic heterocycles. The molecule has 3 rings (SSSR count). The van der Waals surface area contributed by atoms with Gasteiger partial charge in [0, 0.05) is 11.5 Å². The fraction of sp³-hybridized carbons (Fsp3) is 0.278. The first-order valence-corrected chi connectivity index (χ1v) is 6.98. The fourth-order valence-electron chi connectivity index (χ4n) is 2.47. The average Bonchev–Trinajstić information content (AvgIpc) is 3.31. The number of benzene rings is 2. The van der Waals surface area contributed by atoms with Crippen molar-refractivity contribution in [2.75, 3.05) is 7.11 Å². The molecule has 2 aromatic rings. The summed E-state index contributed by atoms with van der Waals surface area (Å²) in [6.45, 7) is 2.04. The van der Waals surface area contributed by atoms with E-state index in [0.29, 0.717) is 5.78 Å². The van der Waals surface area contributed by atoms with Gasteiger partial charge in [0.05, 0.1) is 7.11 Å². The Morgan fingerprint density at radius 1 is 1.05 bits per heavy atom. The third-order valence-electron chi connectivity index (χ3n) is 3.85. The molecule has 2 heteroatoms. The number of ketones is 1. The molecule has 2 aromatic carbocycles. The highest BCUT2D eigenvalue weighted by atomic mass is 16.5. The van der Waals surface area contributed by atoms with Gasteiger partial charge in [0.1, 0.15) is 5.75 Å². The molecule has 1 fully saturated rings. The number of ether oxygens (including phenoxy) is 1. The second-order valence-electron chi connectivity index (χ2n) is 5.40. The van der Waals surface area contributed by atoms with E-state index in [9.17, 15) is 4.79 Å². The Hall–Kier alpha value is -2.09. The minimum absolute atomic E-state index is 0.282. The summed E-state index contributed by atoms with van der Waals surface area (Å²) in [5, 5.41) is 0. The van der Waals surface area contributed by atoms with Crippen LogP contribution in [0.2, 0.25) is 0 Å². The van der Waals surface area contributed by atoms with Crippen LogP contribution in [0.25, 0.3) is 11.1 Å². The molecule has 1 aliphatic carbocycles. The molecule has 0 heterocycles. The summed E-state index contributed by atoms with van der Waals surface area (Å²) in [7, 11) is 1.68. The van der Waals surface area contributed by atoms with Crippen molar-refractivity contribution in [3.8, 4) is 16.9 Å². The van der Waals surface area contributed by atoms with Gasteiger partial charge in [-0.05, 0) is 48.6 Å². The predicted octanol–water partition coefficient (Wildman–Crippen LogP) is 4.26. The van der Waals surface area contributed by atoms with Gasteiger partial charge in [-0.3, -0.25) is 4.79 Å². The highest BCUT2D eigenvalue weighted by Crippen LogP contribution is 2.33. The average molecular weight is 266 g/mol. The van der Waals surface area contributed by atoms with E-state index < -0.39 is 0 Å². The maximum Gasteiger partial charge on any atom is 0.165 e. The van der Waals surface area contributed by atoms with Gasteiger partial charge in [0.25, 0.3) is 0 Å². The molecule has 0 spiro atoms. The van der Waals surface area contributed by atoms with Gasteiger partial charge in [-0.2, -0.15) is 0 Å². The van der Waals surface area contributed by atoms with Crippen molar-refractivity contribution in [3.05, 3.63) is 53.6 Å². The summed E-state index contributed by atoms with van der Waals surface area (Å²) in [5.41, 5.74) is 4.22. The van der Waals surface area contributed by atoms with Crippen LogP contribution in [0.5, 0.6) is 5.75 Å². The van der Waals surface area contributed by atoms with Gasteiger partial charge in [-0.25, -0.2) is 0 Å². The zero-order chi connectivity index (χ0) is 14.1. The lowest BCUT2D eigenvalue weighted by Crippen LogP contribution is -2.00. The van der Waals surface area contributed by atoms with Gasteiger partial charge >= 0.3 is 0 Å². The maximum absolute atomic E-state index is 12.0. The minimum atomic E-state index is 0.282. The number of methoxy groups -OCH3 is 1. The molecule has 102 valence electrons. The monoisotopic (exact) mass is 266 g/mol. The molecule has 0 amide bonds. The predicted molar refractivity (Wildman–Crippen MR) is 80.2 cm³/mol. The van der Waals surface area contributed by atoms with Gasteiger partial charge < -0.3 is 4.74 Å². The summed E-state index contributed by atoms with van der Waals surface area (Å²) in [5.74, 6) is 1.47. The van der Waals surface area contributed by atoms with Crippen molar-refractivity contribution in [1.82, 2.24) is 0 Å². The third-order valence-corrected chi connectivity index (χ3v) is 3.85. The number of Topliss-reactive ketones (excluding diaryl/α,β-unsaturated/α-hetero) is 1. The summed E-state index contributed by atoms with van der Waals surface area (Å²) < 4.78 is 5.28. The molecular weight excluding hydrogens is 248 g/mol. The van der Waals surface area contributed by atoms with Crippen molar-refractivity contribution in [1.29, 1.82) is 0 Å². The lowest BCUT2D eigenvalue weighted by molar-refractivity contribution is 0.0967. The minimum Gasteiger partial charge on any atom is -0.496 e. The number of carbonyl (C=O) groups excluding carboxylic acids is 1. The lowest BCUT2D eigenvalue weighted by Gasteiger charge is -2.08. The molecule has 0 aromatic heterocycles. The Morgan fingerprint density at radius 3 is 2.25 bits per heavy atom. The summed E-state index contributed by atoms with van der Waals surface area (Å²) in [4.78, 5) is 12.0. The van der Waals surface area contributed by atoms with Crippen LogP contribution in [0.4, 0.5) is 0 Å². The third kappa shape index (κ3) is 2.46. The Balaban J connectivity index is 1.87. The summed E-state index contributed by atoms with van der Waals surface area (Å²) in [6.07, 6.45) is 2.11. The second-order valence-corrected chi connectivity index (χ2v) is 5.40. The van der Waals surface area contributed by atoms with Crippen LogP contribution >= 0.6 is 0 Å². The lowest BCUT2D eigenvalue weighted by atomic mass is 9.99. The Bertz CT molecular complexity index is 637. The summed E-state index contributed by atoms with van der Waals surface area (Å²) >= 11 is 0. The number of rotatable bonds is 4. The first kappa shape index (κ1) is 12.9. The van der Waals surface area contributed by atoms with Crippen molar-refractivity contribution >= 4 is 5.78 Å². The van der Waals surface area contributed by atoms with Gasteiger partial charge in [0.2, 0.25) is 0 Å². The van der Waals surface area contributed by atoms with E-state index in [4.69, 9.17) is 4.74 Å². The normalized spacial score (nSPS) is 14.1. The fourth-order valence-corrected chi connectivity index (χ4v) is 2.47.